The second-order valence-corrected chi connectivity index (χ2v) is 11.7. The summed E-state index contributed by atoms with van der Waals surface area (Å²) in [7, 11) is 0. The number of fused-ring (bicyclic) bond motifs is 5. The second kappa shape index (κ2) is 7.58. The third-order valence-electron chi connectivity index (χ3n) is 9.86. The van der Waals surface area contributed by atoms with Gasteiger partial charge in [0.05, 0.1) is 0 Å². The van der Waals surface area contributed by atoms with Crippen LogP contribution >= 0.6 is 12.6 Å². The maximum Gasteiger partial charge on any atom is 0.00545 e. The highest BCUT2D eigenvalue weighted by Crippen LogP contribution is 2.66. The lowest BCUT2D eigenvalue weighted by atomic mass is 9.47. The van der Waals surface area contributed by atoms with E-state index >= 15 is 0 Å². The van der Waals surface area contributed by atoms with Crippen molar-refractivity contribution < 1.29 is 0 Å². The van der Waals surface area contributed by atoms with Crippen molar-refractivity contribution in [1.29, 1.82) is 0 Å². The van der Waals surface area contributed by atoms with Crippen LogP contribution in [0.3, 0.4) is 0 Å². The van der Waals surface area contributed by atoms with Gasteiger partial charge in [0.2, 0.25) is 0 Å². The normalized spacial score (nSPS) is 46.2. The summed E-state index contributed by atoms with van der Waals surface area (Å²) in [4.78, 5) is 0. The van der Waals surface area contributed by atoms with Gasteiger partial charge in [-0.05, 0) is 112 Å². The number of allylic oxidation sites excluding steroid dienone is 3. The first-order valence-electron chi connectivity index (χ1n) is 11.9. The predicted molar refractivity (Wildman–Crippen MR) is 121 cm³/mol. The van der Waals surface area contributed by atoms with Crippen LogP contribution in [0.2, 0.25) is 0 Å². The van der Waals surface area contributed by atoms with Crippen LogP contribution in [0, 0.1) is 34.5 Å². The van der Waals surface area contributed by atoms with E-state index in [4.69, 9.17) is 12.6 Å². The first-order valence-corrected chi connectivity index (χ1v) is 12.4. The summed E-state index contributed by atoms with van der Waals surface area (Å²) in [5.41, 5.74) is 4.36. The molecule has 0 spiro atoms. The molecule has 7 unspecified atom stereocenters. The Morgan fingerprint density at radius 1 is 1.15 bits per heavy atom. The molecule has 0 nitrogen and oxygen atoms in total. The summed E-state index contributed by atoms with van der Waals surface area (Å²) >= 11 is 4.83. The van der Waals surface area contributed by atoms with Crippen molar-refractivity contribution >= 4 is 12.6 Å². The highest BCUT2D eigenvalue weighted by Gasteiger charge is 2.58. The monoisotopic (exact) mass is 386 g/mol. The molecule has 0 saturated heterocycles. The van der Waals surface area contributed by atoms with Crippen LogP contribution in [0.1, 0.15) is 97.8 Å². The highest BCUT2D eigenvalue weighted by atomic mass is 32.1. The average Bonchev–Trinajstić information content (AvgIpc) is 2.99. The number of rotatable bonds is 5. The SMILES string of the molecule is C=C(CC)CCCC1CCC2C3CC=C4CC(S)CCC4(C)C3CCC12C. The quantitative estimate of drug-likeness (QED) is 0.359. The van der Waals surface area contributed by atoms with Gasteiger partial charge in [0.15, 0.2) is 0 Å². The second-order valence-electron chi connectivity index (χ2n) is 11.0. The summed E-state index contributed by atoms with van der Waals surface area (Å²) in [6.07, 6.45) is 19.3. The molecular weight excluding hydrogens is 344 g/mol. The van der Waals surface area contributed by atoms with Crippen molar-refractivity contribution in [2.45, 2.75) is 103 Å². The third-order valence-corrected chi connectivity index (χ3v) is 10.3. The molecule has 1 heteroatoms. The van der Waals surface area contributed by atoms with E-state index in [0.717, 1.165) is 30.1 Å². The molecule has 0 aromatic heterocycles. The van der Waals surface area contributed by atoms with Gasteiger partial charge in [0, 0.05) is 5.25 Å². The molecule has 0 heterocycles. The van der Waals surface area contributed by atoms with Crippen molar-refractivity contribution in [2.75, 3.05) is 0 Å². The molecule has 4 aliphatic carbocycles. The molecule has 27 heavy (non-hydrogen) atoms. The average molecular weight is 387 g/mol. The van der Waals surface area contributed by atoms with Gasteiger partial charge < -0.3 is 0 Å². The lowest BCUT2D eigenvalue weighted by Crippen LogP contribution is -2.50. The Bertz CT molecular complexity index is 603. The number of hydrogen-bond donors (Lipinski definition) is 1. The summed E-state index contributed by atoms with van der Waals surface area (Å²) in [6.45, 7) is 11.8. The van der Waals surface area contributed by atoms with Crippen LogP contribution in [0.4, 0.5) is 0 Å². The van der Waals surface area contributed by atoms with Crippen molar-refractivity contribution in [1.82, 2.24) is 0 Å². The fraction of sp³-hybridized carbons (Fsp3) is 0.846. The van der Waals surface area contributed by atoms with Gasteiger partial charge in [0.1, 0.15) is 0 Å². The fourth-order valence-electron chi connectivity index (χ4n) is 8.00. The Labute approximate surface area is 174 Å². The topological polar surface area (TPSA) is 0 Å². The smallest absolute Gasteiger partial charge is 0.00545 e. The molecule has 3 saturated carbocycles. The third kappa shape index (κ3) is 3.38. The van der Waals surface area contributed by atoms with E-state index < -0.39 is 0 Å². The lowest BCUT2D eigenvalue weighted by Gasteiger charge is -2.58. The van der Waals surface area contributed by atoms with E-state index in [1.54, 1.807) is 5.57 Å². The molecule has 3 fully saturated rings. The van der Waals surface area contributed by atoms with Gasteiger partial charge in [-0.1, -0.05) is 44.6 Å². The molecule has 0 amide bonds. The predicted octanol–water partition coefficient (Wildman–Crippen LogP) is 8.00. The Hall–Kier alpha value is -0.170. The van der Waals surface area contributed by atoms with Gasteiger partial charge in [-0.15, -0.1) is 0 Å². The van der Waals surface area contributed by atoms with Crippen LogP contribution in [0.25, 0.3) is 0 Å². The largest absolute Gasteiger partial charge is 0.176 e. The van der Waals surface area contributed by atoms with E-state index in [9.17, 15) is 0 Å². The maximum absolute atomic E-state index is 4.83. The van der Waals surface area contributed by atoms with Crippen molar-refractivity contribution in [3.05, 3.63) is 23.8 Å². The van der Waals surface area contributed by atoms with E-state index in [1.165, 1.54) is 76.2 Å². The van der Waals surface area contributed by atoms with E-state index in [-0.39, 0.29) is 0 Å². The molecule has 4 aliphatic rings. The highest BCUT2D eigenvalue weighted by molar-refractivity contribution is 7.80. The van der Waals surface area contributed by atoms with Crippen LogP contribution in [-0.2, 0) is 0 Å². The van der Waals surface area contributed by atoms with Crippen LogP contribution in [0.15, 0.2) is 23.8 Å². The maximum atomic E-state index is 4.83. The van der Waals surface area contributed by atoms with Gasteiger partial charge in [-0.2, -0.15) is 12.6 Å². The molecule has 0 bridgehead atoms. The standard InChI is InChI=1S/C26H42S/c1-5-18(2)7-6-8-19-10-12-23-22-11-9-20-17-21(27)13-15-26(20,4)24(22)14-16-25(19,23)3/h9,19,21-24,27H,2,5-8,10-17H2,1,3-4H3. The summed E-state index contributed by atoms with van der Waals surface area (Å²) in [5.74, 6) is 3.87. The minimum Gasteiger partial charge on any atom is -0.176 e. The van der Waals surface area contributed by atoms with Crippen molar-refractivity contribution in [3.63, 3.8) is 0 Å². The molecule has 0 aromatic carbocycles. The first kappa shape index (κ1) is 20.1. The van der Waals surface area contributed by atoms with Crippen LogP contribution < -0.4 is 0 Å². The Kier molecular flexibility index (Phi) is 5.65. The van der Waals surface area contributed by atoms with Gasteiger partial charge >= 0.3 is 0 Å². The van der Waals surface area contributed by atoms with E-state index in [0.29, 0.717) is 16.1 Å². The van der Waals surface area contributed by atoms with Gasteiger partial charge in [-0.3, -0.25) is 0 Å². The molecule has 4 rings (SSSR count). The summed E-state index contributed by atoms with van der Waals surface area (Å²) in [5, 5.41) is 0.614. The van der Waals surface area contributed by atoms with Crippen molar-refractivity contribution in [2.24, 2.45) is 34.5 Å². The van der Waals surface area contributed by atoms with Crippen LogP contribution in [0.5, 0.6) is 0 Å². The zero-order valence-corrected chi connectivity index (χ0v) is 19.0. The molecule has 0 radical (unpaired) electrons. The Morgan fingerprint density at radius 3 is 2.74 bits per heavy atom. The minimum absolute atomic E-state index is 0.500. The zero-order valence-electron chi connectivity index (χ0n) is 18.1. The molecule has 0 aromatic rings. The molecule has 0 aliphatic heterocycles. The summed E-state index contributed by atoms with van der Waals surface area (Å²) < 4.78 is 0. The lowest BCUT2D eigenvalue weighted by molar-refractivity contribution is -0.0420. The number of hydrogen-bond acceptors (Lipinski definition) is 1. The first-order chi connectivity index (χ1) is 12.9. The molecule has 0 N–H and O–H groups in total. The molecule has 7 atom stereocenters. The fourth-order valence-corrected chi connectivity index (χ4v) is 8.33. The number of thiol groups is 1. The Morgan fingerprint density at radius 2 is 1.96 bits per heavy atom. The molecular formula is C26H42S. The zero-order chi connectivity index (χ0) is 19.2. The van der Waals surface area contributed by atoms with Gasteiger partial charge in [-0.25, -0.2) is 0 Å². The Balaban J connectivity index is 1.48. The molecule has 152 valence electrons. The van der Waals surface area contributed by atoms with Crippen LogP contribution in [-0.4, -0.2) is 5.25 Å². The minimum atomic E-state index is 0.500. The summed E-state index contributed by atoms with van der Waals surface area (Å²) in [6, 6.07) is 0. The van der Waals surface area contributed by atoms with E-state index in [1.807, 2.05) is 0 Å². The van der Waals surface area contributed by atoms with Gasteiger partial charge in [0.25, 0.3) is 0 Å². The van der Waals surface area contributed by atoms with E-state index in [2.05, 4.69) is 33.4 Å². The van der Waals surface area contributed by atoms with Crippen molar-refractivity contribution in [3.8, 4) is 0 Å².